The fourth-order valence-electron chi connectivity index (χ4n) is 3.51. The molecule has 4 nitrogen and oxygen atoms in total. The smallest absolute Gasteiger partial charge is 0.345 e. The Hall–Kier alpha value is -3.44. The number of fused-ring (bicyclic) bond motifs is 3. The van der Waals surface area contributed by atoms with Gasteiger partial charge in [-0.05, 0) is 53.9 Å². The second-order valence-corrected chi connectivity index (χ2v) is 7.91. The molecule has 0 aliphatic heterocycles. The van der Waals surface area contributed by atoms with E-state index >= 15 is 0 Å². The van der Waals surface area contributed by atoms with E-state index in [4.69, 9.17) is 4.42 Å². The molecule has 0 bridgehead atoms. The third kappa shape index (κ3) is 3.09. The number of rotatable bonds is 3. The van der Waals surface area contributed by atoms with Crippen molar-refractivity contribution in [2.45, 2.75) is 13.8 Å². The molecule has 142 valence electrons. The van der Waals surface area contributed by atoms with Crippen molar-refractivity contribution in [2.75, 3.05) is 5.32 Å². The predicted molar refractivity (Wildman–Crippen MR) is 120 cm³/mol. The molecule has 0 saturated carbocycles. The molecule has 29 heavy (non-hydrogen) atoms. The third-order valence-corrected chi connectivity index (χ3v) is 6.03. The average Bonchev–Trinajstić information content (AvgIpc) is 3.19. The van der Waals surface area contributed by atoms with Crippen LogP contribution in [0.4, 0.5) is 10.8 Å². The second kappa shape index (κ2) is 6.87. The maximum atomic E-state index is 12.6. The number of aryl methyl sites for hydroxylation is 1. The Labute approximate surface area is 171 Å². The van der Waals surface area contributed by atoms with Crippen molar-refractivity contribution < 1.29 is 4.42 Å². The van der Waals surface area contributed by atoms with Crippen LogP contribution in [0.25, 0.3) is 33.0 Å². The molecule has 3 aromatic carbocycles. The summed E-state index contributed by atoms with van der Waals surface area (Å²) < 4.78 is 5.61. The summed E-state index contributed by atoms with van der Waals surface area (Å²) in [7, 11) is 0. The van der Waals surface area contributed by atoms with Gasteiger partial charge in [0.15, 0.2) is 5.13 Å². The van der Waals surface area contributed by atoms with Crippen LogP contribution in [0.1, 0.15) is 11.1 Å². The van der Waals surface area contributed by atoms with Gasteiger partial charge in [-0.15, -0.1) is 11.3 Å². The van der Waals surface area contributed by atoms with Crippen molar-refractivity contribution in [3.05, 3.63) is 87.6 Å². The lowest BCUT2D eigenvalue weighted by molar-refractivity contribution is 0.563. The van der Waals surface area contributed by atoms with Gasteiger partial charge in [0.25, 0.3) is 0 Å². The molecule has 5 heteroatoms. The van der Waals surface area contributed by atoms with Crippen LogP contribution in [0.15, 0.2) is 75.3 Å². The van der Waals surface area contributed by atoms with Crippen LogP contribution in [-0.2, 0) is 0 Å². The molecule has 0 radical (unpaired) electrons. The summed E-state index contributed by atoms with van der Waals surface area (Å²) in [6.45, 7) is 4.16. The monoisotopic (exact) mass is 398 g/mol. The number of hydrogen-bond acceptors (Lipinski definition) is 5. The minimum Gasteiger partial charge on any atom is -0.422 e. The summed E-state index contributed by atoms with van der Waals surface area (Å²) in [6, 6.07) is 19.9. The molecular formula is C24H18N2O2S. The summed E-state index contributed by atoms with van der Waals surface area (Å²) in [4.78, 5) is 17.3. The van der Waals surface area contributed by atoms with E-state index < -0.39 is 0 Å². The zero-order valence-electron chi connectivity index (χ0n) is 16.0. The molecule has 0 fully saturated rings. The van der Waals surface area contributed by atoms with Gasteiger partial charge >= 0.3 is 5.63 Å². The van der Waals surface area contributed by atoms with Gasteiger partial charge in [0.05, 0.1) is 11.3 Å². The normalized spacial score (nSPS) is 11.2. The standard InChI is InChI=1S/C24H18N2O2S/c1-14-6-5-9-20(15(14)2)25-24-26-21(13-29-24)19-12-18-17-8-4-3-7-16(17)10-11-22(18)28-23(19)27/h3-13H,1-2H3,(H,25,26). The van der Waals surface area contributed by atoms with Crippen LogP contribution in [0.5, 0.6) is 0 Å². The Bertz CT molecular complexity index is 1430. The maximum Gasteiger partial charge on any atom is 0.345 e. The summed E-state index contributed by atoms with van der Waals surface area (Å²) >= 11 is 1.47. The van der Waals surface area contributed by atoms with E-state index in [0.717, 1.165) is 27.0 Å². The highest BCUT2D eigenvalue weighted by Crippen LogP contribution is 2.31. The molecular weight excluding hydrogens is 380 g/mol. The van der Waals surface area contributed by atoms with Crippen molar-refractivity contribution in [3.8, 4) is 11.3 Å². The van der Waals surface area contributed by atoms with E-state index in [-0.39, 0.29) is 5.63 Å². The lowest BCUT2D eigenvalue weighted by Gasteiger charge is -2.08. The van der Waals surface area contributed by atoms with Crippen LogP contribution in [-0.4, -0.2) is 4.98 Å². The van der Waals surface area contributed by atoms with Crippen LogP contribution in [0.2, 0.25) is 0 Å². The first kappa shape index (κ1) is 17.6. The number of hydrogen-bond donors (Lipinski definition) is 1. The third-order valence-electron chi connectivity index (χ3n) is 5.27. The van der Waals surface area contributed by atoms with Crippen molar-refractivity contribution >= 4 is 43.9 Å². The van der Waals surface area contributed by atoms with Gasteiger partial charge in [0.1, 0.15) is 5.58 Å². The van der Waals surface area contributed by atoms with Gasteiger partial charge in [-0.1, -0.05) is 42.5 Å². The Morgan fingerprint density at radius 1 is 0.966 bits per heavy atom. The number of benzene rings is 3. The number of nitrogens with one attached hydrogen (secondary N) is 1. The highest BCUT2D eigenvalue weighted by molar-refractivity contribution is 7.14. The maximum absolute atomic E-state index is 12.6. The van der Waals surface area contributed by atoms with E-state index in [1.807, 2.05) is 53.9 Å². The van der Waals surface area contributed by atoms with E-state index in [1.165, 1.54) is 22.5 Å². The number of nitrogens with zero attached hydrogens (tertiary/aromatic N) is 1. The lowest BCUT2D eigenvalue weighted by atomic mass is 10.0. The fourth-order valence-corrected chi connectivity index (χ4v) is 4.23. The topological polar surface area (TPSA) is 55.1 Å². The first-order valence-corrected chi connectivity index (χ1v) is 10.2. The van der Waals surface area contributed by atoms with E-state index in [2.05, 4.69) is 36.3 Å². The quantitative estimate of drug-likeness (QED) is 0.281. The molecule has 5 aromatic rings. The van der Waals surface area contributed by atoms with Crippen molar-refractivity contribution in [1.82, 2.24) is 4.98 Å². The average molecular weight is 398 g/mol. The molecule has 2 heterocycles. The Morgan fingerprint density at radius 3 is 2.72 bits per heavy atom. The number of anilines is 2. The Morgan fingerprint density at radius 2 is 1.83 bits per heavy atom. The fraction of sp³-hybridized carbons (Fsp3) is 0.0833. The molecule has 0 aliphatic rings. The van der Waals surface area contributed by atoms with Gasteiger partial charge in [-0.3, -0.25) is 0 Å². The molecule has 0 aliphatic carbocycles. The van der Waals surface area contributed by atoms with Crippen molar-refractivity contribution in [1.29, 1.82) is 0 Å². The zero-order valence-corrected chi connectivity index (χ0v) is 16.8. The minimum absolute atomic E-state index is 0.378. The summed E-state index contributed by atoms with van der Waals surface area (Å²) in [6.07, 6.45) is 0. The molecule has 0 spiro atoms. The van der Waals surface area contributed by atoms with Gasteiger partial charge in [-0.2, -0.15) is 0 Å². The number of aromatic nitrogens is 1. The Kier molecular flexibility index (Phi) is 4.18. The summed E-state index contributed by atoms with van der Waals surface area (Å²) in [5.41, 5.74) is 4.71. The highest BCUT2D eigenvalue weighted by Gasteiger charge is 2.14. The molecule has 0 amide bonds. The molecule has 5 rings (SSSR count). The number of thiazole rings is 1. The van der Waals surface area contributed by atoms with Gasteiger partial charge < -0.3 is 9.73 Å². The summed E-state index contributed by atoms with van der Waals surface area (Å²) in [5.74, 6) is 0. The van der Waals surface area contributed by atoms with Crippen LogP contribution >= 0.6 is 11.3 Å². The van der Waals surface area contributed by atoms with Crippen LogP contribution in [0, 0.1) is 13.8 Å². The van der Waals surface area contributed by atoms with Gasteiger partial charge in [0, 0.05) is 16.5 Å². The van der Waals surface area contributed by atoms with Gasteiger partial charge in [-0.25, -0.2) is 9.78 Å². The molecule has 0 unspecified atom stereocenters. The molecule has 0 saturated heterocycles. The van der Waals surface area contributed by atoms with Crippen molar-refractivity contribution in [2.24, 2.45) is 0 Å². The molecule has 2 aromatic heterocycles. The Balaban J connectivity index is 1.59. The molecule has 0 atom stereocenters. The predicted octanol–water partition coefficient (Wildman–Crippen LogP) is 6.43. The highest BCUT2D eigenvalue weighted by atomic mass is 32.1. The van der Waals surface area contributed by atoms with Crippen LogP contribution < -0.4 is 10.9 Å². The van der Waals surface area contributed by atoms with E-state index in [9.17, 15) is 4.79 Å². The molecule has 1 N–H and O–H groups in total. The minimum atomic E-state index is -0.378. The zero-order chi connectivity index (χ0) is 20.0. The second-order valence-electron chi connectivity index (χ2n) is 7.06. The first-order chi connectivity index (χ1) is 14.1. The SMILES string of the molecule is Cc1cccc(Nc2nc(-c3cc4c(ccc5ccccc54)oc3=O)cs2)c1C. The van der Waals surface area contributed by atoms with E-state index in [0.29, 0.717) is 16.8 Å². The first-order valence-electron chi connectivity index (χ1n) is 9.35. The van der Waals surface area contributed by atoms with Gasteiger partial charge in [0.2, 0.25) is 0 Å². The van der Waals surface area contributed by atoms with E-state index in [1.54, 1.807) is 0 Å². The van der Waals surface area contributed by atoms with Crippen LogP contribution in [0.3, 0.4) is 0 Å². The summed E-state index contributed by atoms with van der Waals surface area (Å²) in [5, 5.41) is 9.06. The lowest BCUT2D eigenvalue weighted by Crippen LogP contribution is -2.03. The largest absolute Gasteiger partial charge is 0.422 e. The van der Waals surface area contributed by atoms with Crippen molar-refractivity contribution in [3.63, 3.8) is 0 Å².